The summed E-state index contributed by atoms with van der Waals surface area (Å²) in [7, 11) is 0. The molecule has 0 bridgehead atoms. The van der Waals surface area contributed by atoms with E-state index in [1.165, 1.54) is 19.1 Å². The first kappa shape index (κ1) is 19.9. The van der Waals surface area contributed by atoms with Crippen molar-refractivity contribution in [2.75, 3.05) is 5.32 Å². The number of benzene rings is 2. The van der Waals surface area contributed by atoms with Gasteiger partial charge in [0.25, 0.3) is 0 Å². The highest BCUT2D eigenvalue weighted by Gasteiger charge is 2.12. The fraction of sp³-hybridized carbons (Fsp3) is 0.150. The first-order valence-corrected chi connectivity index (χ1v) is 9.01. The molecule has 1 amide bonds. The van der Waals surface area contributed by atoms with Crippen LogP contribution in [0.1, 0.15) is 18.1 Å². The third-order valence-corrected chi connectivity index (χ3v) is 4.48. The molecule has 0 saturated heterocycles. The van der Waals surface area contributed by atoms with E-state index < -0.39 is 11.6 Å². The molecule has 0 aliphatic heterocycles. The monoisotopic (exact) mass is 419 g/mol. The molecule has 0 saturated carbocycles. The van der Waals surface area contributed by atoms with E-state index in [1.807, 2.05) is 0 Å². The molecular weight excluding hydrogens is 405 g/mol. The Bertz CT molecular complexity index is 1120. The van der Waals surface area contributed by atoms with E-state index in [2.05, 4.69) is 5.32 Å². The summed E-state index contributed by atoms with van der Waals surface area (Å²) in [4.78, 5) is 35.2. The molecule has 0 atom stereocenters. The van der Waals surface area contributed by atoms with Gasteiger partial charge in [-0.1, -0.05) is 29.3 Å². The quantitative estimate of drug-likeness (QED) is 0.490. The molecule has 1 N–H and O–H groups in total. The number of halogens is 2. The number of rotatable bonds is 5. The summed E-state index contributed by atoms with van der Waals surface area (Å²) in [6.45, 7) is 1.27. The summed E-state index contributed by atoms with van der Waals surface area (Å²) in [5.41, 5.74) is 1.28. The molecule has 1 heterocycles. The van der Waals surface area contributed by atoms with Gasteiger partial charge in [-0.25, -0.2) is 4.79 Å². The van der Waals surface area contributed by atoms with Gasteiger partial charge in [0, 0.05) is 45.7 Å². The first-order valence-electron chi connectivity index (χ1n) is 8.26. The maximum Gasteiger partial charge on any atom is 0.336 e. The van der Waals surface area contributed by atoms with E-state index in [4.69, 9.17) is 32.4 Å². The average Bonchev–Trinajstić information content (AvgIpc) is 2.61. The predicted molar refractivity (Wildman–Crippen MR) is 107 cm³/mol. The van der Waals surface area contributed by atoms with Gasteiger partial charge in [0.15, 0.2) is 0 Å². The molecule has 28 heavy (non-hydrogen) atoms. The zero-order valence-corrected chi connectivity index (χ0v) is 16.3. The third kappa shape index (κ3) is 4.91. The Morgan fingerprint density at radius 1 is 1.07 bits per heavy atom. The molecule has 0 spiro atoms. The zero-order chi connectivity index (χ0) is 20.3. The topological polar surface area (TPSA) is 85.6 Å². The summed E-state index contributed by atoms with van der Waals surface area (Å²) in [6, 6.07) is 11.0. The van der Waals surface area contributed by atoms with Crippen molar-refractivity contribution in [3.63, 3.8) is 0 Å². The molecular formula is C20H15Cl2NO5. The van der Waals surface area contributed by atoms with Crippen molar-refractivity contribution in [3.05, 3.63) is 74.1 Å². The molecule has 3 rings (SSSR count). The lowest BCUT2D eigenvalue weighted by Crippen LogP contribution is -2.10. The Morgan fingerprint density at radius 3 is 2.57 bits per heavy atom. The molecule has 2 aromatic carbocycles. The number of fused-ring (bicyclic) bond motifs is 1. The number of esters is 1. The summed E-state index contributed by atoms with van der Waals surface area (Å²) in [5.74, 6) is -0.742. The van der Waals surface area contributed by atoms with Gasteiger partial charge in [-0.3, -0.25) is 9.59 Å². The molecule has 0 unspecified atom stereocenters. The van der Waals surface area contributed by atoms with Crippen LogP contribution in [0.3, 0.4) is 0 Å². The van der Waals surface area contributed by atoms with Crippen LogP contribution in [0.2, 0.25) is 10.0 Å². The molecule has 0 radical (unpaired) electrons. The lowest BCUT2D eigenvalue weighted by Gasteiger charge is -2.09. The first-order chi connectivity index (χ1) is 13.3. The second kappa shape index (κ2) is 8.46. The molecule has 8 heteroatoms. The number of carbonyl (C=O) groups is 2. The minimum absolute atomic E-state index is 0.0257. The van der Waals surface area contributed by atoms with E-state index in [-0.39, 0.29) is 24.5 Å². The maximum atomic E-state index is 12.2. The lowest BCUT2D eigenvalue weighted by molar-refractivity contribution is -0.144. The Balaban J connectivity index is 1.77. The number of ether oxygens (including phenoxy) is 1. The summed E-state index contributed by atoms with van der Waals surface area (Å²) in [6.07, 6.45) is -0.0257. The fourth-order valence-electron chi connectivity index (χ4n) is 2.66. The summed E-state index contributed by atoms with van der Waals surface area (Å²) >= 11 is 11.9. The van der Waals surface area contributed by atoms with E-state index in [0.717, 1.165) is 0 Å². The van der Waals surface area contributed by atoms with Crippen molar-refractivity contribution >= 4 is 51.7 Å². The van der Waals surface area contributed by atoms with E-state index in [1.54, 1.807) is 30.3 Å². The van der Waals surface area contributed by atoms with Gasteiger partial charge in [-0.15, -0.1) is 0 Å². The van der Waals surface area contributed by atoms with Crippen LogP contribution in [-0.2, 0) is 27.4 Å². The maximum absolute atomic E-state index is 12.2. The van der Waals surface area contributed by atoms with Gasteiger partial charge in [-0.05, 0) is 29.8 Å². The minimum atomic E-state index is -0.584. The average molecular weight is 420 g/mol. The molecule has 0 aliphatic carbocycles. The van der Waals surface area contributed by atoms with Crippen molar-refractivity contribution in [1.29, 1.82) is 0 Å². The molecule has 3 aromatic rings. The van der Waals surface area contributed by atoms with Crippen molar-refractivity contribution in [1.82, 2.24) is 0 Å². The van der Waals surface area contributed by atoms with Gasteiger partial charge in [0.2, 0.25) is 5.91 Å². The van der Waals surface area contributed by atoms with Crippen LogP contribution in [0.5, 0.6) is 0 Å². The smallest absolute Gasteiger partial charge is 0.336 e. The Hall–Kier alpha value is -2.83. The van der Waals surface area contributed by atoms with Gasteiger partial charge >= 0.3 is 11.6 Å². The minimum Gasteiger partial charge on any atom is -0.461 e. The lowest BCUT2D eigenvalue weighted by atomic mass is 10.1. The van der Waals surface area contributed by atoms with Gasteiger partial charge in [-0.2, -0.15) is 0 Å². The highest BCUT2D eigenvalue weighted by molar-refractivity contribution is 6.35. The van der Waals surface area contributed by atoms with Crippen molar-refractivity contribution in [3.8, 4) is 0 Å². The van der Waals surface area contributed by atoms with Gasteiger partial charge in [0.05, 0.1) is 6.42 Å². The number of hydrogen-bond donors (Lipinski definition) is 1. The molecule has 144 valence electrons. The number of hydrogen-bond acceptors (Lipinski definition) is 5. The fourth-order valence-corrected chi connectivity index (χ4v) is 3.14. The molecule has 0 fully saturated rings. The van der Waals surface area contributed by atoms with Crippen molar-refractivity contribution in [2.24, 2.45) is 0 Å². The van der Waals surface area contributed by atoms with Crippen molar-refractivity contribution in [2.45, 2.75) is 20.0 Å². The standard InChI is InChI=1S/C20H15Cl2NO5/c1-11(24)23-15-4-5-16-13(7-20(26)28-18(16)9-15)10-27-19(25)6-12-2-3-14(21)8-17(12)22/h2-5,7-9H,6,10H2,1H3,(H,23,24). The molecule has 6 nitrogen and oxygen atoms in total. The van der Waals surface area contributed by atoms with Crippen LogP contribution in [0, 0.1) is 0 Å². The molecule has 1 aromatic heterocycles. The van der Waals surface area contributed by atoms with Gasteiger partial charge < -0.3 is 14.5 Å². The second-order valence-electron chi connectivity index (χ2n) is 6.06. The third-order valence-electron chi connectivity index (χ3n) is 3.89. The zero-order valence-electron chi connectivity index (χ0n) is 14.8. The number of amides is 1. The Morgan fingerprint density at radius 2 is 1.86 bits per heavy atom. The van der Waals surface area contributed by atoms with Crippen LogP contribution < -0.4 is 10.9 Å². The second-order valence-corrected chi connectivity index (χ2v) is 6.90. The molecule has 0 aliphatic rings. The number of nitrogens with one attached hydrogen (secondary N) is 1. The Kier molecular flexibility index (Phi) is 6.02. The van der Waals surface area contributed by atoms with E-state index in [0.29, 0.717) is 32.2 Å². The number of carbonyl (C=O) groups excluding carboxylic acids is 2. The van der Waals surface area contributed by atoms with Crippen LogP contribution >= 0.6 is 23.2 Å². The highest BCUT2D eigenvalue weighted by Crippen LogP contribution is 2.23. The van der Waals surface area contributed by atoms with Crippen molar-refractivity contribution < 1.29 is 18.7 Å². The highest BCUT2D eigenvalue weighted by atomic mass is 35.5. The summed E-state index contributed by atoms with van der Waals surface area (Å²) < 4.78 is 10.5. The van der Waals surface area contributed by atoms with Crippen LogP contribution in [0.15, 0.2) is 51.7 Å². The number of anilines is 1. The largest absolute Gasteiger partial charge is 0.461 e. The SMILES string of the molecule is CC(=O)Nc1ccc2c(COC(=O)Cc3ccc(Cl)cc3Cl)cc(=O)oc2c1. The summed E-state index contributed by atoms with van der Waals surface area (Å²) in [5, 5.41) is 4.07. The normalized spacial score (nSPS) is 10.7. The van der Waals surface area contributed by atoms with Crippen LogP contribution in [-0.4, -0.2) is 11.9 Å². The van der Waals surface area contributed by atoms with E-state index >= 15 is 0 Å². The van der Waals surface area contributed by atoms with Crippen LogP contribution in [0.25, 0.3) is 11.0 Å². The predicted octanol–water partition coefficient (Wildman–Crippen LogP) is 4.34. The van der Waals surface area contributed by atoms with E-state index in [9.17, 15) is 14.4 Å². The van der Waals surface area contributed by atoms with Crippen LogP contribution in [0.4, 0.5) is 5.69 Å². The van der Waals surface area contributed by atoms with Gasteiger partial charge in [0.1, 0.15) is 12.2 Å². The Labute approximate surface area is 170 Å².